The molecule has 37 heavy (non-hydrogen) atoms. The lowest BCUT2D eigenvalue weighted by Crippen LogP contribution is -2.60. The van der Waals surface area contributed by atoms with Gasteiger partial charge in [-0.25, -0.2) is 0 Å². The highest BCUT2D eigenvalue weighted by atomic mass is 16.7. The number of carbonyl (C=O) groups excluding carboxylic acids is 2. The summed E-state index contributed by atoms with van der Waals surface area (Å²) in [6, 6.07) is 13.5. The van der Waals surface area contributed by atoms with Crippen molar-refractivity contribution in [3.05, 3.63) is 65.2 Å². The normalized spacial score (nSPS) is 30.4. The SMILES string of the molecule is COc1c2c(c3ccccc3c1O[C@@H]1O[C@H](CO)[C@@H](O)[C@H](O)[C@H]1O)OC1C(=O)c3ccccc3C(=O)C21. The largest absolute Gasteiger partial charge is 0.492 e. The van der Waals surface area contributed by atoms with Gasteiger partial charge in [-0.1, -0.05) is 48.5 Å². The number of benzene rings is 3. The van der Waals surface area contributed by atoms with Gasteiger partial charge in [0, 0.05) is 21.9 Å². The van der Waals surface area contributed by atoms with E-state index in [0.29, 0.717) is 27.6 Å². The molecule has 0 spiro atoms. The van der Waals surface area contributed by atoms with Gasteiger partial charge in [0.2, 0.25) is 12.1 Å². The molecule has 7 atom stereocenters. The maximum atomic E-state index is 13.6. The Morgan fingerprint density at radius 1 is 0.838 bits per heavy atom. The summed E-state index contributed by atoms with van der Waals surface area (Å²) in [6.45, 7) is -0.625. The van der Waals surface area contributed by atoms with Crippen molar-refractivity contribution in [3.8, 4) is 17.2 Å². The minimum absolute atomic E-state index is 0.0875. The Kier molecular flexibility index (Phi) is 5.66. The van der Waals surface area contributed by atoms with Crippen molar-refractivity contribution in [2.75, 3.05) is 13.7 Å². The van der Waals surface area contributed by atoms with E-state index < -0.39 is 49.3 Å². The number of rotatable bonds is 4. The van der Waals surface area contributed by atoms with Gasteiger partial charge in [0.15, 0.2) is 23.4 Å². The first kappa shape index (κ1) is 23.8. The molecule has 3 aliphatic rings. The van der Waals surface area contributed by atoms with Gasteiger partial charge >= 0.3 is 0 Å². The predicted octanol–water partition coefficient (Wildman–Crippen LogP) is 0.951. The van der Waals surface area contributed by atoms with E-state index >= 15 is 0 Å². The molecular formula is C27H24O10. The lowest BCUT2D eigenvalue weighted by atomic mass is 9.77. The van der Waals surface area contributed by atoms with Gasteiger partial charge in [0.1, 0.15) is 30.2 Å². The first-order valence-electron chi connectivity index (χ1n) is 11.8. The van der Waals surface area contributed by atoms with E-state index in [2.05, 4.69) is 0 Å². The molecule has 2 unspecified atom stereocenters. The second kappa shape index (κ2) is 8.79. The topological polar surface area (TPSA) is 152 Å². The molecule has 0 amide bonds. The third kappa shape index (κ3) is 3.38. The molecule has 3 aromatic rings. The summed E-state index contributed by atoms with van der Waals surface area (Å²) in [6.07, 6.45) is -8.63. The molecule has 2 heterocycles. The van der Waals surface area contributed by atoms with Gasteiger partial charge < -0.3 is 39.4 Å². The molecule has 10 nitrogen and oxygen atoms in total. The zero-order valence-corrected chi connectivity index (χ0v) is 19.6. The van der Waals surface area contributed by atoms with Gasteiger partial charge in [-0.2, -0.15) is 0 Å². The van der Waals surface area contributed by atoms with Crippen LogP contribution in [0.2, 0.25) is 0 Å². The average Bonchev–Trinajstić information content (AvgIpc) is 3.33. The van der Waals surface area contributed by atoms with Crippen molar-refractivity contribution in [2.24, 2.45) is 0 Å². The molecule has 192 valence electrons. The number of hydrogen-bond acceptors (Lipinski definition) is 10. The Bertz CT molecular complexity index is 1420. The second-order valence-corrected chi connectivity index (χ2v) is 9.26. The van der Waals surface area contributed by atoms with E-state index in [1.807, 2.05) is 0 Å². The molecule has 0 radical (unpaired) electrons. The van der Waals surface area contributed by atoms with Gasteiger partial charge in [0.05, 0.1) is 25.2 Å². The third-order valence-electron chi connectivity index (χ3n) is 7.26. The highest BCUT2D eigenvalue weighted by Crippen LogP contribution is 2.56. The first-order chi connectivity index (χ1) is 17.9. The second-order valence-electron chi connectivity index (χ2n) is 9.26. The van der Waals surface area contributed by atoms with Crippen LogP contribution in [0.25, 0.3) is 10.8 Å². The van der Waals surface area contributed by atoms with E-state index in [4.69, 9.17) is 18.9 Å². The fourth-order valence-corrected chi connectivity index (χ4v) is 5.44. The monoisotopic (exact) mass is 508 g/mol. The molecule has 0 saturated carbocycles. The van der Waals surface area contributed by atoms with E-state index in [-0.39, 0.29) is 28.6 Å². The molecule has 10 heteroatoms. The Labute approximate surface area is 210 Å². The smallest absolute Gasteiger partial charge is 0.229 e. The van der Waals surface area contributed by atoms with Crippen LogP contribution in [0.3, 0.4) is 0 Å². The average molecular weight is 508 g/mol. The highest BCUT2D eigenvalue weighted by Gasteiger charge is 2.52. The van der Waals surface area contributed by atoms with Gasteiger partial charge in [-0.05, 0) is 0 Å². The van der Waals surface area contributed by atoms with Crippen LogP contribution in [0.4, 0.5) is 0 Å². The van der Waals surface area contributed by atoms with Gasteiger partial charge in [0.25, 0.3) is 0 Å². The number of hydrogen-bond donors (Lipinski definition) is 4. The Morgan fingerprint density at radius 2 is 1.49 bits per heavy atom. The summed E-state index contributed by atoms with van der Waals surface area (Å²) in [4.78, 5) is 27.0. The summed E-state index contributed by atoms with van der Waals surface area (Å²) in [5.41, 5.74) is 0.915. The summed E-state index contributed by atoms with van der Waals surface area (Å²) >= 11 is 0. The quantitative estimate of drug-likeness (QED) is 0.401. The van der Waals surface area contributed by atoms with Crippen molar-refractivity contribution in [1.29, 1.82) is 0 Å². The molecule has 1 fully saturated rings. The zero-order valence-electron chi connectivity index (χ0n) is 19.6. The molecule has 6 rings (SSSR count). The molecule has 3 aromatic carbocycles. The molecule has 0 aromatic heterocycles. The number of ether oxygens (including phenoxy) is 4. The summed E-state index contributed by atoms with van der Waals surface area (Å²) < 4.78 is 23.5. The van der Waals surface area contributed by atoms with E-state index in [9.17, 15) is 30.0 Å². The predicted molar refractivity (Wildman–Crippen MR) is 127 cm³/mol. The van der Waals surface area contributed by atoms with E-state index in [1.54, 1.807) is 48.5 Å². The van der Waals surface area contributed by atoms with Crippen LogP contribution >= 0.6 is 0 Å². The van der Waals surface area contributed by atoms with E-state index in [0.717, 1.165) is 0 Å². The summed E-state index contributed by atoms with van der Waals surface area (Å²) in [5, 5.41) is 41.6. The van der Waals surface area contributed by atoms with Crippen molar-refractivity contribution in [1.82, 2.24) is 0 Å². The Morgan fingerprint density at radius 3 is 2.16 bits per heavy atom. The number of aliphatic hydroxyl groups is 4. The molecular weight excluding hydrogens is 484 g/mol. The number of Topliss-reactive ketones (excluding diaryl/α,β-unsaturated/α-hetero) is 2. The van der Waals surface area contributed by atoms with Crippen LogP contribution in [0.15, 0.2) is 48.5 Å². The van der Waals surface area contributed by atoms with Crippen molar-refractivity contribution in [3.63, 3.8) is 0 Å². The van der Waals surface area contributed by atoms with Crippen molar-refractivity contribution in [2.45, 2.75) is 42.7 Å². The van der Waals surface area contributed by atoms with Crippen LogP contribution < -0.4 is 14.2 Å². The molecule has 1 saturated heterocycles. The van der Waals surface area contributed by atoms with Crippen molar-refractivity contribution >= 4 is 22.3 Å². The van der Waals surface area contributed by atoms with Crippen LogP contribution in [-0.4, -0.2) is 82.5 Å². The Balaban J connectivity index is 1.52. The fraction of sp³-hybridized carbons (Fsp3) is 0.333. The summed E-state index contributed by atoms with van der Waals surface area (Å²) in [5.74, 6) is -1.10. The van der Waals surface area contributed by atoms with Crippen LogP contribution in [-0.2, 0) is 4.74 Å². The minimum Gasteiger partial charge on any atom is -0.492 e. The number of fused-ring (bicyclic) bond motifs is 6. The van der Waals surface area contributed by atoms with Gasteiger partial charge in [-0.3, -0.25) is 9.59 Å². The highest BCUT2D eigenvalue weighted by molar-refractivity contribution is 6.21. The number of aliphatic hydroxyl groups excluding tert-OH is 4. The molecule has 0 bridgehead atoms. The fourth-order valence-electron chi connectivity index (χ4n) is 5.44. The van der Waals surface area contributed by atoms with E-state index in [1.165, 1.54) is 7.11 Å². The summed E-state index contributed by atoms with van der Waals surface area (Å²) in [7, 11) is 1.38. The maximum absolute atomic E-state index is 13.6. The zero-order chi connectivity index (χ0) is 26.0. The van der Waals surface area contributed by atoms with Crippen LogP contribution in [0.5, 0.6) is 17.2 Å². The van der Waals surface area contributed by atoms with Crippen molar-refractivity contribution < 1.29 is 49.0 Å². The lowest BCUT2D eigenvalue weighted by Gasteiger charge is -2.39. The third-order valence-corrected chi connectivity index (χ3v) is 7.26. The molecule has 2 aliphatic heterocycles. The van der Waals surface area contributed by atoms with Crippen LogP contribution in [0.1, 0.15) is 32.2 Å². The Hall–Kier alpha value is -3.54. The van der Waals surface area contributed by atoms with Gasteiger partial charge in [-0.15, -0.1) is 0 Å². The number of carbonyl (C=O) groups is 2. The van der Waals surface area contributed by atoms with Crippen LogP contribution in [0, 0.1) is 0 Å². The number of ketones is 2. The maximum Gasteiger partial charge on any atom is 0.229 e. The molecule has 4 N–H and O–H groups in total. The molecule has 1 aliphatic carbocycles. The lowest BCUT2D eigenvalue weighted by molar-refractivity contribution is -0.277. The standard InChI is InChI=1S/C27H24O10/c1-34-26-17-16-18(29)11-6-2-3-7-12(11)19(30)25(16)36-23(17)13-8-4-5-9-14(13)24(26)37-27-22(33)21(32)20(31)15(10-28)35-27/h2-9,15-16,20-22,25,27-28,31-33H,10H2,1H3/t15-,16?,20-,21+,22-,25?,27+/m1/s1. The first-order valence-corrected chi connectivity index (χ1v) is 11.8. The minimum atomic E-state index is -1.66. The number of methoxy groups -OCH3 is 1.